The summed E-state index contributed by atoms with van der Waals surface area (Å²) in [5, 5.41) is 2.62. The van der Waals surface area contributed by atoms with Crippen LogP contribution in [0.25, 0.3) is 0 Å². The van der Waals surface area contributed by atoms with Crippen LogP contribution in [0, 0.1) is 0 Å². The van der Waals surface area contributed by atoms with Crippen LogP contribution in [-0.2, 0) is 6.54 Å². The lowest BCUT2D eigenvalue weighted by Crippen LogP contribution is -2.35. The lowest BCUT2D eigenvalue weighted by molar-refractivity contribution is 0.218. The van der Waals surface area contributed by atoms with Gasteiger partial charge in [0.2, 0.25) is 0 Å². The van der Waals surface area contributed by atoms with Gasteiger partial charge in [-0.15, -0.1) is 22.9 Å². The SMILES string of the molecule is CN1Cc2cc(C(Cl)c3ccc(Cl)s3)ccc2NC1=O. The molecule has 0 spiro atoms. The lowest BCUT2D eigenvalue weighted by atomic mass is 10.0. The molecule has 0 aliphatic carbocycles. The van der Waals surface area contributed by atoms with E-state index in [1.54, 1.807) is 11.9 Å². The molecule has 0 fully saturated rings. The summed E-state index contributed by atoms with van der Waals surface area (Å²) in [5.74, 6) is 0. The molecular formula is C14H12Cl2N2OS. The third-order valence-corrected chi connectivity index (χ3v) is 5.17. The molecule has 3 rings (SSSR count). The fourth-order valence-corrected chi connectivity index (χ4v) is 3.60. The smallest absolute Gasteiger partial charge is 0.321 e. The van der Waals surface area contributed by atoms with Gasteiger partial charge in [-0.2, -0.15) is 0 Å². The molecule has 2 aromatic rings. The number of nitrogens with one attached hydrogen (secondary N) is 1. The van der Waals surface area contributed by atoms with Crippen LogP contribution >= 0.6 is 34.5 Å². The molecule has 1 aromatic heterocycles. The van der Waals surface area contributed by atoms with Gasteiger partial charge in [-0.3, -0.25) is 0 Å². The van der Waals surface area contributed by atoms with E-state index >= 15 is 0 Å². The predicted molar refractivity (Wildman–Crippen MR) is 84.0 cm³/mol. The summed E-state index contributed by atoms with van der Waals surface area (Å²) < 4.78 is 0.732. The number of nitrogens with zero attached hydrogens (tertiary/aromatic N) is 1. The molecule has 1 aliphatic heterocycles. The van der Waals surface area contributed by atoms with Crippen LogP contribution in [0.4, 0.5) is 10.5 Å². The number of benzene rings is 1. The number of urea groups is 1. The van der Waals surface area contributed by atoms with Gasteiger partial charge >= 0.3 is 6.03 Å². The van der Waals surface area contributed by atoms with Crippen LogP contribution in [0.1, 0.15) is 21.4 Å². The highest BCUT2D eigenvalue weighted by Crippen LogP contribution is 2.37. The average Bonchev–Trinajstić information content (AvgIpc) is 2.85. The van der Waals surface area contributed by atoms with E-state index in [-0.39, 0.29) is 11.4 Å². The van der Waals surface area contributed by atoms with Crippen molar-refractivity contribution in [3.05, 3.63) is 50.7 Å². The molecular weight excluding hydrogens is 315 g/mol. The first-order valence-electron chi connectivity index (χ1n) is 6.09. The van der Waals surface area contributed by atoms with Gasteiger partial charge in [0.05, 0.1) is 9.71 Å². The number of rotatable bonds is 2. The quantitative estimate of drug-likeness (QED) is 0.796. The van der Waals surface area contributed by atoms with Crippen molar-refractivity contribution in [3.8, 4) is 0 Å². The molecule has 1 aliphatic rings. The van der Waals surface area contributed by atoms with E-state index in [1.807, 2.05) is 30.3 Å². The molecule has 2 amide bonds. The fraction of sp³-hybridized carbons (Fsp3) is 0.214. The van der Waals surface area contributed by atoms with E-state index in [0.717, 1.165) is 26.0 Å². The Morgan fingerprint density at radius 1 is 1.35 bits per heavy atom. The highest BCUT2D eigenvalue weighted by atomic mass is 35.5. The minimum absolute atomic E-state index is 0.0855. The van der Waals surface area contributed by atoms with Gasteiger partial charge in [0, 0.05) is 24.2 Å². The van der Waals surface area contributed by atoms with Crippen molar-refractivity contribution >= 4 is 46.3 Å². The minimum Gasteiger partial charge on any atom is -0.323 e. The highest BCUT2D eigenvalue weighted by Gasteiger charge is 2.21. The Balaban J connectivity index is 1.92. The van der Waals surface area contributed by atoms with Crippen LogP contribution in [0.15, 0.2) is 30.3 Å². The number of thiophene rings is 1. The topological polar surface area (TPSA) is 32.3 Å². The van der Waals surface area contributed by atoms with E-state index in [0.29, 0.717) is 6.54 Å². The number of alkyl halides is 1. The first-order chi connectivity index (χ1) is 9.54. The highest BCUT2D eigenvalue weighted by molar-refractivity contribution is 7.16. The number of fused-ring (bicyclic) bond motifs is 1. The molecule has 0 radical (unpaired) electrons. The number of carbonyl (C=O) groups is 1. The maximum absolute atomic E-state index is 11.6. The number of carbonyl (C=O) groups excluding carboxylic acids is 1. The number of hydrogen-bond acceptors (Lipinski definition) is 2. The Labute approximate surface area is 131 Å². The number of hydrogen-bond donors (Lipinski definition) is 1. The molecule has 1 unspecified atom stereocenters. The molecule has 2 heterocycles. The van der Waals surface area contributed by atoms with Gasteiger partial charge < -0.3 is 10.2 Å². The van der Waals surface area contributed by atoms with Crippen LogP contribution < -0.4 is 5.32 Å². The van der Waals surface area contributed by atoms with E-state index in [2.05, 4.69) is 5.32 Å². The third-order valence-electron chi connectivity index (χ3n) is 3.26. The van der Waals surface area contributed by atoms with Gasteiger partial charge in [0.25, 0.3) is 0 Å². The van der Waals surface area contributed by atoms with Gasteiger partial charge in [-0.1, -0.05) is 23.7 Å². The fourth-order valence-electron chi connectivity index (χ4n) is 2.19. The molecule has 104 valence electrons. The predicted octanol–water partition coefficient (Wildman–Crippen LogP) is 4.71. The molecule has 1 N–H and O–H groups in total. The molecule has 3 nitrogen and oxygen atoms in total. The Morgan fingerprint density at radius 3 is 2.85 bits per heavy atom. The number of anilines is 1. The lowest BCUT2D eigenvalue weighted by Gasteiger charge is -2.26. The summed E-state index contributed by atoms with van der Waals surface area (Å²) in [7, 11) is 1.77. The zero-order valence-corrected chi connectivity index (χ0v) is 13.0. The summed E-state index contributed by atoms with van der Waals surface area (Å²) >= 11 is 13.9. The van der Waals surface area contributed by atoms with E-state index in [1.165, 1.54) is 11.3 Å². The van der Waals surface area contributed by atoms with Crippen molar-refractivity contribution < 1.29 is 4.79 Å². The number of amides is 2. The van der Waals surface area contributed by atoms with Crippen molar-refractivity contribution in [3.63, 3.8) is 0 Å². The van der Waals surface area contributed by atoms with Gasteiger partial charge in [0.15, 0.2) is 0 Å². The van der Waals surface area contributed by atoms with Crippen molar-refractivity contribution in [2.45, 2.75) is 11.9 Å². The normalized spacial score (nSPS) is 15.8. The van der Waals surface area contributed by atoms with Crippen LogP contribution in [0.3, 0.4) is 0 Å². The second-order valence-corrected chi connectivity index (χ2v) is 6.89. The molecule has 1 aromatic carbocycles. The summed E-state index contributed by atoms with van der Waals surface area (Å²) in [6, 6.07) is 9.59. The van der Waals surface area contributed by atoms with Crippen molar-refractivity contribution in [2.24, 2.45) is 0 Å². The van der Waals surface area contributed by atoms with Crippen molar-refractivity contribution in [2.75, 3.05) is 12.4 Å². The molecule has 0 bridgehead atoms. The van der Waals surface area contributed by atoms with Crippen LogP contribution in [0.2, 0.25) is 4.34 Å². The van der Waals surface area contributed by atoms with Gasteiger partial charge in [-0.05, 0) is 29.3 Å². The van der Waals surface area contributed by atoms with Crippen LogP contribution in [-0.4, -0.2) is 18.0 Å². The molecule has 0 saturated heterocycles. The Hall–Kier alpha value is -1.23. The summed E-state index contributed by atoms with van der Waals surface area (Å²) in [5.41, 5.74) is 2.93. The van der Waals surface area contributed by atoms with E-state index < -0.39 is 0 Å². The maximum Gasteiger partial charge on any atom is 0.321 e. The Bertz CT molecular complexity index is 671. The zero-order valence-electron chi connectivity index (χ0n) is 10.7. The summed E-state index contributed by atoms with van der Waals surface area (Å²) in [4.78, 5) is 14.2. The number of halogens is 2. The minimum atomic E-state index is -0.222. The summed E-state index contributed by atoms with van der Waals surface area (Å²) in [6.45, 7) is 0.587. The second-order valence-electron chi connectivity index (χ2n) is 4.71. The maximum atomic E-state index is 11.6. The molecule has 1 atom stereocenters. The standard InChI is InChI=1S/C14H12Cl2N2OS/c1-18-7-9-6-8(2-3-10(9)17-14(18)19)13(16)11-4-5-12(15)20-11/h2-6,13H,7H2,1H3,(H,17,19). The Morgan fingerprint density at radius 2 is 2.15 bits per heavy atom. The Kier molecular flexibility index (Phi) is 3.63. The van der Waals surface area contributed by atoms with Gasteiger partial charge in [0.1, 0.15) is 0 Å². The van der Waals surface area contributed by atoms with Crippen LogP contribution in [0.5, 0.6) is 0 Å². The zero-order chi connectivity index (χ0) is 14.3. The second kappa shape index (κ2) is 5.28. The first kappa shape index (κ1) is 13.7. The molecule has 6 heteroatoms. The van der Waals surface area contributed by atoms with E-state index in [9.17, 15) is 4.79 Å². The molecule has 0 saturated carbocycles. The average molecular weight is 327 g/mol. The summed E-state index contributed by atoms with van der Waals surface area (Å²) in [6.07, 6.45) is 0. The van der Waals surface area contributed by atoms with Gasteiger partial charge in [-0.25, -0.2) is 4.79 Å². The third kappa shape index (κ3) is 2.51. The first-order valence-corrected chi connectivity index (χ1v) is 7.72. The van der Waals surface area contributed by atoms with Crippen molar-refractivity contribution in [1.82, 2.24) is 4.90 Å². The van der Waals surface area contributed by atoms with Crippen molar-refractivity contribution in [1.29, 1.82) is 0 Å². The largest absolute Gasteiger partial charge is 0.323 e. The monoisotopic (exact) mass is 326 g/mol. The molecule has 20 heavy (non-hydrogen) atoms. The van der Waals surface area contributed by atoms with E-state index in [4.69, 9.17) is 23.2 Å².